The van der Waals surface area contributed by atoms with Gasteiger partial charge in [0.1, 0.15) is 5.75 Å². The smallest absolute Gasteiger partial charge is 0.309 e. The Morgan fingerprint density at radius 2 is 1.85 bits per heavy atom. The molecule has 1 fully saturated rings. The molecule has 0 radical (unpaired) electrons. The molecule has 1 aliphatic heterocycles. The second-order valence-electron chi connectivity index (χ2n) is 7.70. The molecule has 1 N–H and O–H groups in total. The molecule has 27 heavy (non-hydrogen) atoms. The zero-order valence-corrected chi connectivity index (χ0v) is 16.8. The molecular formula is C19H27NO6S. The third-order valence-electron chi connectivity index (χ3n) is 4.26. The van der Waals surface area contributed by atoms with Crippen molar-refractivity contribution in [2.75, 3.05) is 24.7 Å². The van der Waals surface area contributed by atoms with Gasteiger partial charge in [0.2, 0.25) is 0 Å². The number of ether oxygens (including phenoxy) is 2. The van der Waals surface area contributed by atoms with Gasteiger partial charge in [-0.25, -0.2) is 8.42 Å². The number of hydrogen-bond acceptors (Lipinski definition) is 6. The van der Waals surface area contributed by atoms with Gasteiger partial charge in [0.05, 0.1) is 24.5 Å². The fourth-order valence-corrected chi connectivity index (χ4v) is 4.37. The van der Waals surface area contributed by atoms with Gasteiger partial charge in [-0.05, 0) is 29.5 Å². The van der Waals surface area contributed by atoms with E-state index < -0.39 is 34.4 Å². The lowest BCUT2D eigenvalue weighted by atomic mass is 9.87. The van der Waals surface area contributed by atoms with Crippen LogP contribution in [0.5, 0.6) is 5.75 Å². The van der Waals surface area contributed by atoms with Gasteiger partial charge in [-0.15, -0.1) is 0 Å². The molecule has 150 valence electrons. The zero-order chi connectivity index (χ0) is 20.1. The third-order valence-corrected chi connectivity index (χ3v) is 6.03. The SMILES string of the molecule is CC(C)(C)c1ccc(OCCC(=O)OCC(=O)N[C@H]2CCS(=O)(=O)C2)cc1. The summed E-state index contributed by atoms with van der Waals surface area (Å²) in [6, 6.07) is 7.28. The predicted molar refractivity (Wildman–Crippen MR) is 101 cm³/mol. The summed E-state index contributed by atoms with van der Waals surface area (Å²) in [7, 11) is -3.06. The van der Waals surface area contributed by atoms with Crippen LogP contribution < -0.4 is 10.1 Å². The van der Waals surface area contributed by atoms with Crippen molar-refractivity contribution >= 4 is 21.7 Å². The van der Waals surface area contributed by atoms with E-state index in [2.05, 4.69) is 26.1 Å². The van der Waals surface area contributed by atoms with Crippen LogP contribution in [0.15, 0.2) is 24.3 Å². The van der Waals surface area contributed by atoms with Crippen LogP contribution in [0.2, 0.25) is 0 Å². The lowest BCUT2D eigenvalue weighted by Gasteiger charge is -2.19. The molecule has 1 heterocycles. The van der Waals surface area contributed by atoms with Crippen molar-refractivity contribution in [2.45, 2.75) is 45.1 Å². The Labute approximate surface area is 160 Å². The second kappa shape index (κ2) is 8.73. The summed E-state index contributed by atoms with van der Waals surface area (Å²) in [4.78, 5) is 23.4. The van der Waals surface area contributed by atoms with Crippen molar-refractivity contribution in [3.8, 4) is 5.75 Å². The molecule has 8 heteroatoms. The molecule has 1 atom stereocenters. The highest BCUT2D eigenvalue weighted by molar-refractivity contribution is 7.91. The quantitative estimate of drug-likeness (QED) is 0.702. The summed E-state index contributed by atoms with van der Waals surface area (Å²) in [5.74, 6) is -0.365. The van der Waals surface area contributed by atoms with Gasteiger partial charge in [0.15, 0.2) is 16.4 Å². The van der Waals surface area contributed by atoms with Gasteiger partial charge in [0.25, 0.3) is 5.91 Å². The molecule has 0 saturated carbocycles. The van der Waals surface area contributed by atoms with Crippen LogP contribution in [0.4, 0.5) is 0 Å². The molecule has 1 aliphatic rings. The van der Waals surface area contributed by atoms with Gasteiger partial charge in [-0.3, -0.25) is 9.59 Å². The number of hydrogen-bond donors (Lipinski definition) is 1. The molecule has 1 amide bonds. The van der Waals surface area contributed by atoms with Crippen molar-refractivity contribution in [3.63, 3.8) is 0 Å². The molecule has 0 bridgehead atoms. The predicted octanol–water partition coefficient (Wildman–Crippen LogP) is 1.60. The van der Waals surface area contributed by atoms with Crippen molar-refractivity contribution in [1.29, 1.82) is 0 Å². The standard InChI is InChI=1S/C19H27NO6S/c1-19(2,3)14-4-6-16(7-5-14)25-10-8-18(22)26-12-17(21)20-15-9-11-27(23,24)13-15/h4-7,15H,8-13H2,1-3H3,(H,20,21)/t15-/m0/s1. The second-order valence-corrected chi connectivity index (χ2v) is 9.93. The summed E-state index contributed by atoms with van der Waals surface area (Å²) in [6.45, 7) is 6.10. The van der Waals surface area contributed by atoms with E-state index in [1.807, 2.05) is 24.3 Å². The molecule has 2 rings (SSSR count). The summed E-state index contributed by atoms with van der Waals surface area (Å²) in [5.41, 5.74) is 1.25. The van der Waals surface area contributed by atoms with E-state index in [1.165, 1.54) is 5.56 Å². The van der Waals surface area contributed by atoms with E-state index in [4.69, 9.17) is 9.47 Å². The van der Waals surface area contributed by atoms with E-state index >= 15 is 0 Å². The van der Waals surface area contributed by atoms with Crippen molar-refractivity contribution in [3.05, 3.63) is 29.8 Å². The number of carbonyl (C=O) groups excluding carboxylic acids is 2. The first-order chi connectivity index (χ1) is 12.5. The first-order valence-corrected chi connectivity index (χ1v) is 10.8. The van der Waals surface area contributed by atoms with Gasteiger partial charge in [0, 0.05) is 6.04 Å². The Morgan fingerprint density at radius 3 is 2.41 bits per heavy atom. The molecule has 7 nitrogen and oxygen atoms in total. The van der Waals surface area contributed by atoms with Crippen molar-refractivity contribution < 1.29 is 27.5 Å². The zero-order valence-electron chi connectivity index (χ0n) is 16.0. The van der Waals surface area contributed by atoms with Gasteiger partial charge >= 0.3 is 5.97 Å². The van der Waals surface area contributed by atoms with Crippen molar-refractivity contribution in [1.82, 2.24) is 5.32 Å². The average Bonchev–Trinajstić information content (AvgIpc) is 2.91. The first-order valence-electron chi connectivity index (χ1n) is 8.94. The van der Waals surface area contributed by atoms with E-state index in [-0.39, 0.29) is 29.9 Å². The lowest BCUT2D eigenvalue weighted by molar-refractivity contribution is -0.149. The number of esters is 1. The molecule has 1 saturated heterocycles. The van der Waals surface area contributed by atoms with E-state index in [0.29, 0.717) is 12.2 Å². The van der Waals surface area contributed by atoms with Gasteiger partial charge in [-0.2, -0.15) is 0 Å². The minimum absolute atomic E-state index is 0.0200. The maximum Gasteiger partial charge on any atom is 0.309 e. The number of carbonyl (C=O) groups is 2. The minimum Gasteiger partial charge on any atom is -0.493 e. The number of amides is 1. The topological polar surface area (TPSA) is 98.8 Å². The molecule has 0 aliphatic carbocycles. The summed E-state index contributed by atoms with van der Waals surface area (Å²) in [5, 5.41) is 2.56. The maximum absolute atomic E-state index is 11.7. The largest absolute Gasteiger partial charge is 0.493 e. The monoisotopic (exact) mass is 397 g/mol. The Hall–Kier alpha value is -2.09. The average molecular weight is 397 g/mol. The molecule has 0 spiro atoms. The van der Waals surface area contributed by atoms with Gasteiger partial charge < -0.3 is 14.8 Å². The molecule has 1 aromatic rings. The fourth-order valence-electron chi connectivity index (χ4n) is 2.70. The van der Waals surface area contributed by atoms with Crippen LogP contribution in [0.25, 0.3) is 0 Å². The van der Waals surface area contributed by atoms with Crippen LogP contribution >= 0.6 is 0 Å². The summed E-state index contributed by atoms with van der Waals surface area (Å²) in [6.07, 6.45) is 0.413. The highest BCUT2D eigenvalue weighted by Gasteiger charge is 2.29. The van der Waals surface area contributed by atoms with Crippen molar-refractivity contribution in [2.24, 2.45) is 0 Å². The van der Waals surface area contributed by atoms with E-state index in [9.17, 15) is 18.0 Å². The molecule has 0 unspecified atom stereocenters. The maximum atomic E-state index is 11.7. The Bertz CT molecular complexity index is 764. The van der Waals surface area contributed by atoms with Crippen LogP contribution in [0.3, 0.4) is 0 Å². The molecule has 1 aromatic carbocycles. The normalized spacial score (nSPS) is 18.7. The van der Waals surface area contributed by atoms with Crippen LogP contribution in [-0.4, -0.2) is 51.1 Å². The van der Waals surface area contributed by atoms with Crippen LogP contribution in [0, 0.1) is 0 Å². The van der Waals surface area contributed by atoms with Gasteiger partial charge in [-0.1, -0.05) is 32.9 Å². The third kappa shape index (κ3) is 7.21. The Kier molecular flexibility index (Phi) is 6.86. The number of benzene rings is 1. The molecular weight excluding hydrogens is 370 g/mol. The number of rotatable bonds is 7. The van der Waals surface area contributed by atoms with Crippen LogP contribution in [0.1, 0.15) is 39.2 Å². The lowest BCUT2D eigenvalue weighted by Crippen LogP contribution is -2.38. The highest BCUT2D eigenvalue weighted by atomic mass is 32.2. The fraction of sp³-hybridized carbons (Fsp3) is 0.579. The Balaban J connectivity index is 1.64. The Morgan fingerprint density at radius 1 is 1.19 bits per heavy atom. The minimum atomic E-state index is -3.06. The summed E-state index contributed by atoms with van der Waals surface area (Å²) < 4.78 is 33.1. The van der Waals surface area contributed by atoms with E-state index in [0.717, 1.165) is 0 Å². The summed E-state index contributed by atoms with van der Waals surface area (Å²) >= 11 is 0. The van der Waals surface area contributed by atoms with E-state index in [1.54, 1.807) is 0 Å². The highest BCUT2D eigenvalue weighted by Crippen LogP contribution is 2.24. The number of nitrogens with one attached hydrogen (secondary N) is 1. The first kappa shape index (κ1) is 21.2. The molecule has 0 aromatic heterocycles. The number of sulfone groups is 1. The van der Waals surface area contributed by atoms with Crippen LogP contribution in [-0.2, 0) is 29.6 Å².